The first-order chi connectivity index (χ1) is 14.4. The van der Waals surface area contributed by atoms with E-state index in [-0.39, 0.29) is 29.2 Å². The van der Waals surface area contributed by atoms with E-state index < -0.39 is 11.6 Å². The van der Waals surface area contributed by atoms with Crippen molar-refractivity contribution in [3.63, 3.8) is 0 Å². The molecule has 2 aliphatic rings. The number of hydrogen-bond acceptors (Lipinski definition) is 4. The van der Waals surface area contributed by atoms with Crippen molar-refractivity contribution in [2.45, 2.75) is 39.2 Å². The molecule has 0 aromatic heterocycles. The smallest absolute Gasteiger partial charge is 0.226 e. The molecular formula is C23H31F2N3OS. The van der Waals surface area contributed by atoms with Crippen LogP contribution in [0.4, 0.5) is 8.78 Å². The maximum atomic E-state index is 14.6. The second kappa shape index (κ2) is 9.96. The Labute approximate surface area is 182 Å². The predicted molar refractivity (Wildman–Crippen MR) is 119 cm³/mol. The first-order valence-electron chi connectivity index (χ1n) is 10.5. The third-order valence-electron chi connectivity index (χ3n) is 5.75. The van der Waals surface area contributed by atoms with E-state index in [0.29, 0.717) is 30.2 Å². The molecule has 1 aromatic carbocycles. The molecule has 3 rings (SSSR count). The highest BCUT2D eigenvalue weighted by Crippen LogP contribution is 2.50. The molecule has 164 valence electrons. The van der Waals surface area contributed by atoms with Crippen LogP contribution in [0.2, 0.25) is 0 Å². The lowest BCUT2D eigenvalue weighted by molar-refractivity contribution is -0.134. The zero-order valence-electron chi connectivity index (χ0n) is 17.8. The largest absolute Gasteiger partial charge is 0.404 e. The van der Waals surface area contributed by atoms with Crippen LogP contribution in [-0.4, -0.2) is 36.2 Å². The van der Waals surface area contributed by atoms with Crippen LogP contribution in [0.1, 0.15) is 38.7 Å². The van der Waals surface area contributed by atoms with E-state index in [1.54, 1.807) is 11.9 Å². The molecule has 1 heterocycles. The third-order valence-corrected chi connectivity index (χ3v) is 6.32. The minimum Gasteiger partial charge on any atom is -0.404 e. The average Bonchev–Trinajstić information content (AvgIpc) is 3.48. The Morgan fingerprint density at radius 3 is 2.60 bits per heavy atom. The predicted octanol–water partition coefficient (Wildman–Crippen LogP) is 4.34. The van der Waals surface area contributed by atoms with Gasteiger partial charge in [-0.2, -0.15) is 0 Å². The first kappa shape index (κ1) is 22.8. The van der Waals surface area contributed by atoms with Crippen molar-refractivity contribution in [2.24, 2.45) is 23.5 Å². The summed E-state index contributed by atoms with van der Waals surface area (Å²) in [4.78, 5) is 15.0. The van der Waals surface area contributed by atoms with Gasteiger partial charge in [-0.05, 0) is 66.8 Å². The summed E-state index contributed by atoms with van der Waals surface area (Å²) in [6, 6.07) is 4.15. The van der Waals surface area contributed by atoms with Gasteiger partial charge in [-0.3, -0.25) is 9.52 Å². The molecule has 0 radical (unpaired) electrons. The van der Waals surface area contributed by atoms with Crippen LogP contribution in [0, 0.1) is 29.4 Å². The van der Waals surface area contributed by atoms with Crippen molar-refractivity contribution in [1.29, 1.82) is 0 Å². The standard InChI is InChI=1S/C23H31F2N3OS/c1-14(2)10-17(22-20(24)7-4-8-21(22)25)19(12-26)16-11-18(16)23(29)28-9-5-6-15(13-28)27-30-3/h4,7-8,10,12,14-16,18,27H,5-6,9,11,13,26H2,1-3H3/b17-10+,19-12-. The Kier molecular flexibility index (Phi) is 7.58. The molecule has 1 saturated heterocycles. The lowest BCUT2D eigenvalue weighted by Gasteiger charge is -2.33. The van der Waals surface area contributed by atoms with Gasteiger partial charge in [0.25, 0.3) is 0 Å². The molecule has 3 N–H and O–H groups in total. The van der Waals surface area contributed by atoms with Crippen molar-refractivity contribution in [3.8, 4) is 0 Å². The summed E-state index contributed by atoms with van der Waals surface area (Å²) in [5, 5.41) is 0. The molecule has 30 heavy (non-hydrogen) atoms. The van der Waals surface area contributed by atoms with Crippen LogP contribution in [0.15, 0.2) is 36.0 Å². The fourth-order valence-corrected chi connectivity index (χ4v) is 4.84. The number of piperidine rings is 1. The second-order valence-corrected chi connectivity index (χ2v) is 9.08. The molecule has 1 aromatic rings. The Morgan fingerprint density at radius 1 is 1.30 bits per heavy atom. The fourth-order valence-electron chi connectivity index (χ4n) is 4.31. The third kappa shape index (κ3) is 5.06. The second-order valence-electron chi connectivity index (χ2n) is 8.44. The van der Waals surface area contributed by atoms with Crippen LogP contribution in [0.25, 0.3) is 5.57 Å². The lowest BCUT2D eigenvalue weighted by Crippen LogP contribution is -2.47. The molecule has 2 fully saturated rings. The molecule has 1 amide bonds. The fraction of sp³-hybridized carbons (Fsp3) is 0.522. The van der Waals surface area contributed by atoms with E-state index in [0.717, 1.165) is 19.4 Å². The maximum absolute atomic E-state index is 14.6. The molecule has 7 heteroatoms. The van der Waals surface area contributed by atoms with Gasteiger partial charge >= 0.3 is 0 Å². The van der Waals surface area contributed by atoms with Gasteiger partial charge in [-0.25, -0.2) is 8.78 Å². The monoisotopic (exact) mass is 435 g/mol. The Morgan fingerprint density at radius 2 is 2.00 bits per heavy atom. The number of nitrogens with one attached hydrogen (secondary N) is 1. The number of amides is 1. The first-order valence-corrected chi connectivity index (χ1v) is 11.8. The van der Waals surface area contributed by atoms with Crippen LogP contribution >= 0.6 is 11.9 Å². The summed E-state index contributed by atoms with van der Waals surface area (Å²) in [5.41, 5.74) is 6.99. The molecule has 0 spiro atoms. The van der Waals surface area contributed by atoms with E-state index in [2.05, 4.69) is 4.72 Å². The normalized spacial score (nSPS) is 25.0. The number of carbonyl (C=O) groups excluding carboxylic acids is 1. The van der Waals surface area contributed by atoms with Crippen LogP contribution in [0.5, 0.6) is 0 Å². The number of nitrogens with zero attached hydrogens (tertiary/aromatic N) is 1. The zero-order chi connectivity index (χ0) is 21.8. The number of nitrogens with two attached hydrogens (primary N) is 1. The van der Waals surface area contributed by atoms with E-state index in [9.17, 15) is 13.6 Å². The highest BCUT2D eigenvalue weighted by Gasteiger charge is 2.48. The van der Waals surface area contributed by atoms with Crippen LogP contribution < -0.4 is 10.5 Å². The van der Waals surface area contributed by atoms with Gasteiger partial charge in [0.15, 0.2) is 0 Å². The van der Waals surface area contributed by atoms with Gasteiger partial charge in [0.2, 0.25) is 5.91 Å². The van der Waals surface area contributed by atoms with Gasteiger partial charge in [-0.1, -0.05) is 37.9 Å². The number of likely N-dealkylation sites (tertiary alicyclic amines) is 1. The number of hydrogen-bond donors (Lipinski definition) is 2. The number of carbonyl (C=O) groups is 1. The van der Waals surface area contributed by atoms with Gasteiger partial charge in [0.1, 0.15) is 11.6 Å². The number of allylic oxidation sites excluding steroid dienone is 3. The molecular weight excluding hydrogens is 404 g/mol. The quantitative estimate of drug-likeness (QED) is 0.494. The lowest BCUT2D eigenvalue weighted by atomic mass is 9.90. The molecule has 4 nitrogen and oxygen atoms in total. The summed E-state index contributed by atoms with van der Waals surface area (Å²) in [7, 11) is 0. The molecule has 3 atom stereocenters. The van der Waals surface area contributed by atoms with Gasteiger partial charge in [-0.15, -0.1) is 0 Å². The SMILES string of the molecule is CSNC1CCCN(C(=O)C2CC2C(=C/N)/C(=C\C(C)C)c2c(F)cccc2F)C1. The van der Waals surface area contributed by atoms with Gasteiger partial charge in [0.05, 0.1) is 5.56 Å². The van der Waals surface area contributed by atoms with Crippen LogP contribution in [0.3, 0.4) is 0 Å². The number of rotatable bonds is 7. The van der Waals surface area contributed by atoms with E-state index in [4.69, 9.17) is 5.73 Å². The van der Waals surface area contributed by atoms with Crippen molar-refractivity contribution < 1.29 is 13.6 Å². The minimum absolute atomic E-state index is 0.0665. The zero-order valence-corrected chi connectivity index (χ0v) is 18.6. The highest BCUT2D eigenvalue weighted by atomic mass is 32.2. The van der Waals surface area contributed by atoms with Crippen LogP contribution in [-0.2, 0) is 4.79 Å². The van der Waals surface area contributed by atoms with Crippen molar-refractivity contribution in [2.75, 3.05) is 19.3 Å². The van der Waals surface area contributed by atoms with Gasteiger partial charge < -0.3 is 10.6 Å². The Hall–Kier alpha value is -1.86. The molecule has 3 unspecified atom stereocenters. The minimum atomic E-state index is -0.619. The van der Waals surface area contributed by atoms with Crippen molar-refractivity contribution in [1.82, 2.24) is 9.62 Å². The Bertz CT molecular complexity index is 817. The van der Waals surface area contributed by atoms with E-state index >= 15 is 0 Å². The molecule has 1 aliphatic carbocycles. The summed E-state index contributed by atoms with van der Waals surface area (Å²) in [6.45, 7) is 5.36. The van der Waals surface area contributed by atoms with E-state index in [1.807, 2.05) is 31.1 Å². The van der Waals surface area contributed by atoms with E-state index in [1.165, 1.54) is 24.4 Å². The Balaban J connectivity index is 1.81. The maximum Gasteiger partial charge on any atom is 0.226 e. The number of benzene rings is 1. The average molecular weight is 436 g/mol. The molecule has 1 aliphatic heterocycles. The topological polar surface area (TPSA) is 58.4 Å². The van der Waals surface area contributed by atoms with Crippen molar-refractivity contribution >= 4 is 23.4 Å². The molecule has 0 bridgehead atoms. The summed E-state index contributed by atoms with van der Waals surface area (Å²) in [6.07, 6.45) is 7.93. The summed E-state index contributed by atoms with van der Waals surface area (Å²) >= 11 is 1.57. The highest BCUT2D eigenvalue weighted by molar-refractivity contribution is 7.96. The van der Waals surface area contributed by atoms with Crippen molar-refractivity contribution in [3.05, 3.63) is 53.2 Å². The summed E-state index contributed by atoms with van der Waals surface area (Å²) in [5.74, 6) is -1.34. The summed E-state index contributed by atoms with van der Waals surface area (Å²) < 4.78 is 32.5. The molecule has 1 saturated carbocycles. The number of halogens is 2. The van der Waals surface area contributed by atoms with Gasteiger partial charge in [0, 0.05) is 25.0 Å².